The van der Waals surface area contributed by atoms with Crippen LogP contribution in [-0.4, -0.2) is 14.4 Å². The average molecular weight is 255 g/mol. The first-order valence-electron chi connectivity index (χ1n) is 7.81. The predicted octanol–water partition coefficient (Wildman–Crippen LogP) is 5.12. The van der Waals surface area contributed by atoms with Crippen LogP contribution in [-0.2, 0) is 4.43 Å². The van der Waals surface area contributed by atoms with Crippen molar-refractivity contribution in [2.24, 2.45) is 5.41 Å². The molecule has 0 atom stereocenters. The van der Waals surface area contributed by atoms with Gasteiger partial charge in [-0.2, -0.15) is 0 Å². The summed E-state index contributed by atoms with van der Waals surface area (Å²) in [5, 5.41) is 0.324. The largest absolute Gasteiger partial charge is 0.414 e. The van der Waals surface area contributed by atoms with E-state index >= 15 is 0 Å². The summed E-state index contributed by atoms with van der Waals surface area (Å²) in [5.41, 5.74) is 0.555. The van der Waals surface area contributed by atoms with Crippen molar-refractivity contribution >= 4 is 8.32 Å². The van der Waals surface area contributed by atoms with Crippen LogP contribution in [0, 0.1) is 5.41 Å². The maximum Gasteiger partial charge on any atom is 0.192 e. The molecule has 0 N–H and O–H groups in total. The molecular weight excluding hydrogens is 224 g/mol. The fraction of sp³-hybridized carbons (Fsp3) is 1.00. The van der Waals surface area contributed by atoms with Gasteiger partial charge in [-0.25, -0.2) is 0 Å². The van der Waals surface area contributed by atoms with E-state index in [0.717, 1.165) is 12.8 Å². The van der Waals surface area contributed by atoms with Crippen LogP contribution in [0.4, 0.5) is 0 Å². The van der Waals surface area contributed by atoms with E-state index in [1.54, 1.807) is 0 Å². The van der Waals surface area contributed by atoms with Gasteiger partial charge in [0.25, 0.3) is 0 Å². The molecular formula is C15H30OSi. The Morgan fingerprint density at radius 2 is 1.65 bits per heavy atom. The molecule has 2 heteroatoms. The molecule has 2 saturated carbocycles. The second kappa shape index (κ2) is 4.38. The van der Waals surface area contributed by atoms with Gasteiger partial charge >= 0.3 is 0 Å². The lowest BCUT2D eigenvalue weighted by molar-refractivity contribution is 0.0182. The minimum absolute atomic E-state index is 0.239. The third-order valence-electron chi connectivity index (χ3n) is 5.42. The number of hydrogen-bond acceptors (Lipinski definition) is 1. The van der Waals surface area contributed by atoms with Crippen molar-refractivity contribution in [2.45, 2.75) is 89.9 Å². The Kier molecular flexibility index (Phi) is 3.15. The van der Waals surface area contributed by atoms with Gasteiger partial charge in [-0.1, -0.05) is 27.2 Å². The van der Waals surface area contributed by atoms with Crippen molar-refractivity contribution in [2.75, 3.05) is 0 Å². The van der Waals surface area contributed by atoms with Gasteiger partial charge in [0.05, 0.1) is 0 Å². The van der Waals surface area contributed by atoms with Crippen LogP contribution in [0.25, 0.3) is 0 Å². The fourth-order valence-corrected chi connectivity index (χ4v) is 4.30. The molecule has 0 radical (unpaired) electrons. The molecule has 2 fully saturated rings. The first kappa shape index (κ1) is 12.2. The lowest BCUT2D eigenvalue weighted by Gasteiger charge is -2.49. The molecule has 1 spiro atoms. The van der Waals surface area contributed by atoms with E-state index in [1.807, 2.05) is 0 Å². The number of rotatable bonds is 2. The van der Waals surface area contributed by atoms with Gasteiger partial charge in [-0.3, -0.25) is 0 Å². The predicted molar refractivity (Wildman–Crippen MR) is 76.8 cm³/mol. The minimum Gasteiger partial charge on any atom is -0.414 e. The molecule has 0 aromatic carbocycles. The molecule has 0 aliphatic heterocycles. The zero-order chi connectivity index (χ0) is 13.6. The van der Waals surface area contributed by atoms with Crippen molar-refractivity contribution in [1.82, 2.24) is 0 Å². The van der Waals surface area contributed by atoms with Crippen LogP contribution in [0.5, 0.6) is 0 Å². The Morgan fingerprint density at radius 1 is 1.12 bits per heavy atom. The van der Waals surface area contributed by atoms with Crippen LogP contribution in [0.15, 0.2) is 0 Å². The van der Waals surface area contributed by atoms with Crippen LogP contribution < -0.4 is 0 Å². The van der Waals surface area contributed by atoms with Gasteiger partial charge in [-0.15, -0.1) is 0 Å². The summed E-state index contributed by atoms with van der Waals surface area (Å²) in [6.07, 6.45) is 8.13. The third kappa shape index (κ3) is 2.78. The first-order valence-corrected chi connectivity index (χ1v) is 10.1. The van der Waals surface area contributed by atoms with Crippen molar-refractivity contribution < 1.29 is 5.80 Å². The quantitative estimate of drug-likeness (QED) is 0.622. The summed E-state index contributed by atoms with van der Waals surface area (Å²) in [7, 11) is -1.58. The molecule has 0 aromatic heterocycles. The Morgan fingerprint density at radius 3 is 2.06 bits per heavy atom. The van der Waals surface area contributed by atoms with E-state index in [1.165, 1.54) is 25.7 Å². The van der Waals surface area contributed by atoms with Gasteiger partial charge in [0.1, 0.15) is 0 Å². The SMILES string of the molecule is [2H]C1CC2(CCC(O[Si](C)(C)C(C)(C)C)CC2)C1. The van der Waals surface area contributed by atoms with Crippen LogP contribution in [0.2, 0.25) is 18.1 Å². The minimum atomic E-state index is -1.58. The topological polar surface area (TPSA) is 9.23 Å². The highest BCUT2D eigenvalue weighted by molar-refractivity contribution is 6.74. The molecule has 0 bridgehead atoms. The van der Waals surface area contributed by atoms with Crippen LogP contribution >= 0.6 is 0 Å². The van der Waals surface area contributed by atoms with Crippen LogP contribution in [0.1, 0.15) is 67.1 Å². The molecule has 17 heavy (non-hydrogen) atoms. The maximum absolute atomic E-state index is 7.73. The highest BCUT2D eigenvalue weighted by atomic mass is 28.4. The second-order valence-corrected chi connectivity index (χ2v) is 12.5. The molecule has 0 aromatic rings. The monoisotopic (exact) mass is 255 g/mol. The lowest BCUT2D eigenvalue weighted by Crippen LogP contribution is -2.46. The van der Waals surface area contributed by atoms with Crippen molar-refractivity contribution in [3.05, 3.63) is 0 Å². The van der Waals surface area contributed by atoms with Gasteiger partial charge in [-0.05, 0) is 62.1 Å². The van der Waals surface area contributed by atoms with E-state index < -0.39 is 8.32 Å². The average Bonchev–Trinajstić information content (AvgIpc) is 2.17. The van der Waals surface area contributed by atoms with E-state index in [2.05, 4.69) is 33.9 Å². The molecule has 2 aliphatic carbocycles. The van der Waals surface area contributed by atoms with Gasteiger partial charge in [0, 0.05) is 7.47 Å². The van der Waals surface area contributed by atoms with Gasteiger partial charge < -0.3 is 4.43 Å². The van der Waals surface area contributed by atoms with Gasteiger partial charge in [0.2, 0.25) is 0 Å². The summed E-state index contributed by atoms with van der Waals surface area (Å²) < 4.78 is 14.3. The molecule has 0 amide bonds. The normalized spacial score (nSPS) is 39.9. The molecule has 0 heterocycles. The van der Waals surface area contributed by atoms with Crippen molar-refractivity contribution in [1.29, 1.82) is 0 Å². The third-order valence-corrected chi connectivity index (χ3v) is 9.95. The molecule has 1 nitrogen and oxygen atoms in total. The number of hydrogen-bond donors (Lipinski definition) is 0. The van der Waals surface area contributed by atoms with E-state index in [9.17, 15) is 0 Å². The lowest BCUT2D eigenvalue weighted by atomic mass is 9.60. The Balaban J connectivity index is 1.84. The zero-order valence-corrected chi connectivity index (χ0v) is 13.3. The standard InChI is InChI=1S/C15H30OSi/c1-14(2,3)17(4,5)16-13-7-11-15(12-8-13)9-6-10-15/h13H,6-12H2,1-5H3/i6D. The first-order chi connectivity index (χ1) is 8.14. The summed E-state index contributed by atoms with van der Waals surface area (Å²) in [6, 6.07) is 0. The molecule has 2 rings (SSSR count). The smallest absolute Gasteiger partial charge is 0.192 e. The molecule has 0 unspecified atom stereocenters. The van der Waals surface area contributed by atoms with Crippen LogP contribution in [0.3, 0.4) is 0 Å². The second-order valence-electron chi connectivity index (χ2n) is 7.77. The Hall–Kier alpha value is 0.177. The highest BCUT2D eigenvalue weighted by Gasteiger charge is 2.43. The highest BCUT2D eigenvalue weighted by Crippen LogP contribution is 2.52. The Labute approximate surface area is 110 Å². The van der Waals surface area contributed by atoms with Gasteiger partial charge in [0.15, 0.2) is 8.32 Å². The summed E-state index contributed by atoms with van der Waals surface area (Å²) in [5.74, 6) is 0. The molecule has 2 aliphatic rings. The van der Waals surface area contributed by atoms with Crippen molar-refractivity contribution in [3.63, 3.8) is 0 Å². The van der Waals surface area contributed by atoms with Crippen molar-refractivity contribution in [3.8, 4) is 0 Å². The van der Waals surface area contributed by atoms with E-state index in [0.29, 0.717) is 16.6 Å². The fourth-order valence-electron chi connectivity index (χ4n) is 2.88. The Bertz CT molecular complexity index is 292. The maximum atomic E-state index is 7.73. The summed E-state index contributed by atoms with van der Waals surface area (Å²) >= 11 is 0. The summed E-state index contributed by atoms with van der Waals surface area (Å²) in [6.45, 7) is 11.7. The molecule has 0 saturated heterocycles. The zero-order valence-electron chi connectivity index (χ0n) is 13.3. The summed E-state index contributed by atoms with van der Waals surface area (Å²) in [4.78, 5) is 0. The van der Waals surface area contributed by atoms with E-state index in [-0.39, 0.29) is 6.40 Å². The van der Waals surface area contributed by atoms with E-state index in [4.69, 9.17) is 5.80 Å². The molecule has 100 valence electrons.